The number of pyridine rings is 1. The van der Waals surface area contributed by atoms with Gasteiger partial charge in [-0.1, -0.05) is 38.7 Å². The van der Waals surface area contributed by atoms with Crippen molar-refractivity contribution in [2.45, 2.75) is 76.9 Å². The third-order valence-corrected chi connectivity index (χ3v) is 6.41. The van der Waals surface area contributed by atoms with Crippen LogP contribution < -0.4 is 22.3 Å². The summed E-state index contributed by atoms with van der Waals surface area (Å²) >= 11 is 0. The molecule has 0 fully saturated rings. The third-order valence-electron chi connectivity index (χ3n) is 6.41. The van der Waals surface area contributed by atoms with E-state index in [0.29, 0.717) is 12.0 Å². The summed E-state index contributed by atoms with van der Waals surface area (Å²) in [4.78, 5) is 33.0. The zero-order chi connectivity index (χ0) is 27.0. The van der Waals surface area contributed by atoms with E-state index >= 15 is 0 Å². The molecule has 3 unspecified atom stereocenters. The van der Waals surface area contributed by atoms with Crippen LogP contribution in [0.3, 0.4) is 0 Å². The van der Waals surface area contributed by atoms with Gasteiger partial charge in [-0.25, -0.2) is 9.79 Å². The molecular weight excluding hydrogens is 472 g/mol. The van der Waals surface area contributed by atoms with E-state index in [1.807, 2.05) is 18.2 Å². The molecule has 0 aliphatic rings. The second-order valence-electron chi connectivity index (χ2n) is 9.51. The normalized spacial score (nSPS) is 14.1. The quantitative estimate of drug-likeness (QED) is 0.0905. The van der Waals surface area contributed by atoms with Crippen molar-refractivity contribution in [3.63, 3.8) is 0 Å². The highest BCUT2D eigenvalue weighted by molar-refractivity contribution is 5.81. The lowest BCUT2D eigenvalue weighted by atomic mass is 9.87. The zero-order valence-corrected chi connectivity index (χ0v) is 21.7. The van der Waals surface area contributed by atoms with Crippen molar-refractivity contribution >= 4 is 17.7 Å². The molecule has 9 N–H and O–H groups in total. The van der Waals surface area contributed by atoms with E-state index in [1.54, 1.807) is 12.4 Å². The van der Waals surface area contributed by atoms with Crippen molar-refractivity contribution in [1.82, 2.24) is 9.97 Å². The number of unbranched alkanes of at least 4 members (excludes halogenated alkanes) is 1. The molecule has 0 spiro atoms. The number of hydrogen-bond donors (Lipinski definition) is 7. The van der Waals surface area contributed by atoms with Crippen LogP contribution in [-0.4, -0.2) is 50.8 Å². The predicted molar refractivity (Wildman–Crippen MR) is 147 cm³/mol. The van der Waals surface area contributed by atoms with Gasteiger partial charge in [0.05, 0.1) is 18.7 Å². The zero-order valence-electron chi connectivity index (χ0n) is 21.7. The van der Waals surface area contributed by atoms with Crippen LogP contribution in [-0.2, 0) is 11.2 Å². The van der Waals surface area contributed by atoms with Crippen molar-refractivity contribution in [2.24, 2.45) is 22.4 Å². The first-order valence-corrected chi connectivity index (χ1v) is 13.0. The molecular formula is C27H42N6O4. The van der Waals surface area contributed by atoms with Crippen LogP contribution in [0.25, 0.3) is 0 Å². The minimum absolute atomic E-state index is 0.0707. The fourth-order valence-corrected chi connectivity index (χ4v) is 4.44. The van der Waals surface area contributed by atoms with Gasteiger partial charge >= 0.3 is 5.97 Å². The number of aliphatic hydroxyl groups is 1. The molecule has 10 heteroatoms. The standard InChI is InChI=1S/C27H42N6O4/c1-2-3-7-22(34)8-4-6-19(15-20-11-13-25(35)31-17-20)10-12-23(33-24-9-5-14-30-24)21(16-26(36)37)18-32-27(28)29/h5,9,11,13-14,16-17,19,22-23,30,33-34H,2-4,6-8,10,12,15,18H2,1H3,(H,31,35)(H,36,37)(H4,28,29,32). The Morgan fingerprint density at radius 2 is 1.89 bits per heavy atom. The number of aliphatic hydroxyl groups excluding tert-OH is 1. The minimum atomic E-state index is -1.06. The lowest BCUT2D eigenvalue weighted by molar-refractivity contribution is -0.131. The summed E-state index contributed by atoms with van der Waals surface area (Å²) in [7, 11) is 0. The number of aromatic nitrogens is 2. The van der Waals surface area contributed by atoms with E-state index in [9.17, 15) is 19.8 Å². The Morgan fingerprint density at radius 1 is 1.11 bits per heavy atom. The lowest BCUT2D eigenvalue weighted by Crippen LogP contribution is -2.28. The van der Waals surface area contributed by atoms with Crippen LogP contribution in [0.2, 0.25) is 0 Å². The molecule has 204 valence electrons. The number of guanidine groups is 1. The van der Waals surface area contributed by atoms with Gasteiger partial charge in [-0.3, -0.25) is 4.79 Å². The third kappa shape index (κ3) is 12.3. The van der Waals surface area contributed by atoms with Gasteiger partial charge in [0.15, 0.2) is 5.96 Å². The number of nitrogens with zero attached hydrogens (tertiary/aromatic N) is 1. The van der Waals surface area contributed by atoms with Crippen LogP contribution in [0.5, 0.6) is 0 Å². The van der Waals surface area contributed by atoms with E-state index in [1.165, 1.54) is 6.07 Å². The Bertz CT molecular complexity index is 1020. The van der Waals surface area contributed by atoms with Crippen LogP contribution in [0.1, 0.15) is 63.9 Å². The monoisotopic (exact) mass is 514 g/mol. The average Bonchev–Trinajstić information content (AvgIpc) is 3.37. The fourth-order valence-electron chi connectivity index (χ4n) is 4.44. The number of aromatic amines is 2. The molecule has 37 heavy (non-hydrogen) atoms. The largest absolute Gasteiger partial charge is 0.478 e. The molecule has 0 aliphatic carbocycles. The molecule has 0 amide bonds. The maximum Gasteiger partial charge on any atom is 0.328 e. The Hall–Kier alpha value is -3.53. The number of aliphatic carboxylic acids is 1. The molecule has 0 aromatic carbocycles. The summed E-state index contributed by atoms with van der Waals surface area (Å²) in [5.74, 6) is -0.133. The number of carboxylic acid groups (broad SMARTS) is 1. The Labute approximate surface area is 218 Å². The molecule has 0 saturated carbocycles. The smallest absolute Gasteiger partial charge is 0.328 e. The number of rotatable bonds is 18. The van der Waals surface area contributed by atoms with Crippen LogP contribution in [0.4, 0.5) is 5.82 Å². The summed E-state index contributed by atoms with van der Waals surface area (Å²) in [6, 6.07) is 6.79. The maximum atomic E-state index is 11.6. The molecule has 10 nitrogen and oxygen atoms in total. The summed E-state index contributed by atoms with van der Waals surface area (Å²) in [5, 5.41) is 23.1. The van der Waals surface area contributed by atoms with E-state index < -0.39 is 5.97 Å². The van der Waals surface area contributed by atoms with Crippen molar-refractivity contribution in [3.05, 3.63) is 64.2 Å². The van der Waals surface area contributed by atoms with Gasteiger partial charge in [-0.15, -0.1) is 0 Å². The number of nitrogens with one attached hydrogen (secondary N) is 3. The Kier molecular flexibility index (Phi) is 13.1. The Morgan fingerprint density at radius 3 is 2.51 bits per heavy atom. The van der Waals surface area contributed by atoms with Gasteiger partial charge in [0.2, 0.25) is 5.56 Å². The summed E-state index contributed by atoms with van der Waals surface area (Å²) in [6.07, 6.45) is 12.0. The predicted octanol–water partition coefficient (Wildman–Crippen LogP) is 3.13. The average molecular weight is 515 g/mol. The van der Waals surface area contributed by atoms with Gasteiger partial charge in [0, 0.05) is 24.5 Å². The molecule has 3 atom stereocenters. The molecule has 0 radical (unpaired) electrons. The number of carbonyl (C=O) groups is 1. The van der Waals surface area contributed by atoms with Gasteiger partial charge < -0.3 is 37.0 Å². The second kappa shape index (κ2) is 16.3. The van der Waals surface area contributed by atoms with Crippen LogP contribution >= 0.6 is 0 Å². The number of aliphatic imine (C=N–C) groups is 1. The van der Waals surface area contributed by atoms with Crippen LogP contribution in [0, 0.1) is 5.92 Å². The number of nitrogens with two attached hydrogens (primary N) is 2. The van der Waals surface area contributed by atoms with Crippen LogP contribution in [0.15, 0.2) is 58.1 Å². The van der Waals surface area contributed by atoms with Crippen molar-refractivity contribution in [2.75, 3.05) is 11.9 Å². The topological polar surface area (TPSA) is 183 Å². The lowest BCUT2D eigenvalue weighted by Gasteiger charge is -2.25. The molecule has 2 heterocycles. The maximum absolute atomic E-state index is 11.6. The second-order valence-corrected chi connectivity index (χ2v) is 9.51. The number of hydrogen-bond acceptors (Lipinski definition) is 5. The SMILES string of the molecule is CCCCC(O)CCCC(CCC(Nc1ccc[nH]1)C(=CC(=O)O)CN=C(N)N)Cc1ccc(=O)[nH]c1. The molecule has 2 aromatic rings. The van der Waals surface area contributed by atoms with Gasteiger partial charge in [-0.2, -0.15) is 0 Å². The highest BCUT2D eigenvalue weighted by Gasteiger charge is 2.20. The molecule has 2 aromatic heterocycles. The van der Waals surface area contributed by atoms with E-state index in [0.717, 1.165) is 68.8 Å². The number of carboxylic acids is 1. The van der Waals surface area contributed by atoms with Gasteiger partial charge in [-0.05, 0) is 61.3 Å². The molecule has 2 rings (SSSR count). The number of H-pyrrole nitrogens is 2. The van der Waals surface area contributed by atoms with Crippen molar-refractivity contribution < 1.29 is 15.0 Å². The van der Waals surface area contributed by atoms with E-state index in [-0.39, 0.29) is 36.1 Å². The summed E-state index contributed by atoms with van der Waals surface area (Å²) in [5.41, 5.74) is 12.5. The summed E-state index contributed by atoms with van der Waals surface area (Å²) in [6.45, 7) is 2.19. The van der Waals surface area contributed by atoms with Gasteiger partial charge in [0.25, 0.3) is 0 Å². The highest BCUT2D eigenvalue weighted by atomic mass is 16.4. The minimum Gasteiger partial charge on any atom is -0.478 e. The molecule has 0 saturated heterocycles. The van der Waals surface area contributed by atoms with E-state index in [4.69, 9.17) is 11.5 Å². The first kappa shape index (κ1) is 29.7. The highest BCUT2D eigenvalue weighted by Crippen LogP contribution is 2.25. The molecule has 0 aliphatic heterocycles. The first-order valence-electron chi connectivity index (χ1n) is 13.0. The fraction of sp³-hybridized carbons (Fsp3) is 0.519. The Balaban J connectivity index is 2.17. The van der Waals surface area contributed by atoms with Crippen molar-refractivity contribution in [3.8, 4) is 0 Å². The first-order chi connectivity index (χ1) is 17.8. The van der Waals surface area contributed by atoms with E-state index in [2.05, 4.69) is 27.2 Å². The summed E-state index contributed by atoms with van der Waals surface area (Å²) < 4.78 is 0. The number of anilines is 1. The van der Waals surface area contributed by atoms with Crippen molar-refractivity contribution in [1.29, 1.82) is 0 Å². The van der Waals surface area contributed by atoms with Gasteiger partial charge in [0.1, 0.15) is 5.82 Å². The molecule has 0 bridgehead atoms.